The second kappa shape index (κ2) is 8.40. The van der Waals surface area contributed by atoms with Gasteiger partial charge in [0.2, 0.25) is 11.8 Å². The van der Waals surface area contributed by atoms with E-state index in [2.05, 4.69) is 54.5 Å². The number of fused-ring (bicyclic) bond motifs is 1. The van der Waals surface area contributed by atoms with Gasteiger partial charge in [-0.15, -0.1) is 11.3 Å². The Morgan fingerprint density at radius 2 is 1.68 bits per heavy atom. The summed E-state index contributed by atoms with van der Waals surface area (Å²) in [7, 11) is 0. The highest BCUT2D eigenvalue weighted by molar-refractivity contribution is 7.10. The van der Waals surface area contributed by atoms with Crippen molar-refractivity contribution in [2.75, 3.05) is 32.7 Å². The summed E-state index contributed by atoms with van der Waals surface area (Å²) >= 11 is 1.83. The van der Waals surface area contributed by atoms with Crippen LogP contribution in [0.3, 0.4) is 0 Å². The van der Waals surface area contributed by atoms with Crippen LogP contribution in [0, 0.1) is 12.8 Å². The quantitative estimate of drug-likeness (QED) is 0.736. The predicted molar refractivity (Wildman–Crippen MR) is 123 cm³/mol. The Bertz CT molecular complexity index is 975. The van der Waals surface area contributed by atoms with E-state index in [0.29, 0.717) is 32.1 Å². The first-order valence-corrected chi connectivity index (χ1v) is 12.4. The molecule has 6 heteroatoms. The van der Waals surface area contributed by atoms with Gasteiger partial charge in [-0.1, -0.05) is 24.3 Å². The topological polar surface area (TPSA) is 43.9 Å². The molecule has 31 heavy (non-hydrogen) atoms. The Labute approximate surface area is 188 Å². The van der Waals surface area contributed by atoms with Gasteiger partial charge >= 0.3 is 0 Å². The van der Waals surface area contributed by atoms with Crippen LogP contribution in [0.5, 0.6) is 0 Å². The molecule has 2 fully saturated rings. The molecule has 0 bridgehead atoms. The summed E-state index contributed by atoms with van der Waals surface area (Å²) < 4.78 is 0. The Kier molecular flexibility index (Phi) is 5.61. The van der Waals surface area contributed by atoms with Crippen molar-refractivity contribution in [1.29, 1.82) is 0 Å². The molecule has 0 N–H and O–H groups in total. The zero-order chi connectivity index (χ0) is 21.5. The first-order chi connectivity index (χ1) is 15.0. The highest BCUT2D eigenvalue weighted by atomic mass is 32.1. The Morgan fingerprint density at radius 1 is 0.968 bits per heavy atom. The normalized spacial score (nSPS) is 22.8. The summed E-state index contributed by atoms with van der Waals surface area (Å²) in [6, 6.07) is 10.7. The molecule has 1 aliphatic carbocycles. The first kappa shape index (κ1) is 20.7. The predicted octanol–water partition coefficient (Wildman–Crippen LogP) is 3.47. The Hall–Kier alpha value is -2.18. The number of aryl methyl sites for hydroxylation is 1. The maximum Gasteiger partial charge on any atom is 0.239 e. The standard InChI is InChI=1S/C25H31N3O2S/c1-17-5-3-4-6-20(17)23-21-10-16-31-22(21)9-11-28(23)18(2)24(29)26-12-14-27(15-13-26)25(30)19-7-8-19/h3-6,10,16,18-19,23H,7-9,11-15H2,1-2H3/t18-,23-/m1/s1. The van der Waals surface area contributed by atoms with Crippen molar-refractivity contribution in [2.45, 2.75) is 45.2 Å². The highest BCUT2D eigenvalue weighted by Gasteiger charge is 2.39. The third-order valence-corrected chi connectivity index (χ3v) is 8.17. The number of hydrogen-bond donors (Lipinski definition) is 0. The number of amides is 2. The van der Waals surface area contributed by atoms with E-state index in [1.54, 1.807) is 0 Å². The lowest BCUT2D eigenvalue weighted by molar-refractivity contribution is -0.143. The Balaban J connectivity index is 1.34. The SMILES string of the molecule is Cc1ccccc1[C@@H]1c2ccsc2CCN1[C@H](C)C(=O)N1CCN(C(=O)C2CC2)CC1. The van der Waals surface area contributed by atoms with E-state index < -0.39 is 0 Å². The first-order valence-electron chi connectivity index (χ1n) is 11.5. The molecule has 1 saturated carbocycles. The molecule has 1 saturated heterocycles. The number of rotatable bonds is 4. The molecule has 2 atom stereocenters. The van der Waals surface area contributed by atoms with Gasteiger partial charge in [-0.3, -0.25) is 14.5 Å². The molecule has 3 aliphatic rings. The minimum Gasteiger partial charge on any atom is -0.339 e. The van der Waals surface area contributed by atoms with Crippen LogP contribution in [0.25, 0.3) is 0 Å². The third kappa shape index (κ3) is 3.92. The van der Waals surface area contributed by atoms with Gasteiger partial charge in [-0.05, 0) is 61.2 Å². The number of carbonyl (C=O) groups excluding carboxylic acids is 2. The zero-order valence-electron chi connectivity index (χ0n) is 18.4. The fraction of sp³-hybridized carbons (Fsp3) is 0.520. The minimum atomic E-state index is -0.191. The second-order valence-electron chi connectivity index (χ2n) is 9.15. The van der Waals surface area contributed by atoms with Crippen molar-refractivity contribution in [3.05, 3.63) is 57.3 Å². The molecule has 3 heterocycles. The largest absolute Gasteiger partial charge is 0.339 e. The second-order valence-corrected chi connectivity index (χ2v) is 10.1. The number of benzene rings is 1. The number of carbonyl (C=O) groups is 2. The van der Waals surface area contributed by atoms with Crippen LogP contribution in [-0.4, -0.2) is 65.3 Å². The molecule has 1 aromatic carbocycles. The van der Waals surface area contributed by atoms with Gasteiger partial charge < -0.3 is 9.80 Å². The molecule has 2 aliphatic heterocycles. The van der Waals surface area contributed by atoms with E-state index in [1.165, 1.54) is 21.6 Å². The van der Waals surface area contributed by atoms with Crippen LogP contribution in [-0.2, 0) is 16.0 Å². The van der Waals surface area contributed by atoms with Crippen LogP contribution in [0.4, 0.5) is 0 Å². The van der Waals surface area contributed by atoms with Crippen LogP contribution < -0.4 is 0 Å². The van der Waals surface area contributed by atoms with Crippen LogP contribution in [0.1, 0.15) is 47.4 Å². The van der Waals surface area contributed by atoms with Crippen molar-refractivity contribution in [2.24, 2.45) is 5.92 Å². The summed E-state index contributed by atoms with van der Waals surface area (Å²) in [5.41, 5.74) is 3.91. The fourth-order valence-corrected chi connectivity index (χ4v) is 6.04. The average Bonchev–Trinajstić information content (AvgIpc) is 3.54. The summed E-state index contributed by atoms with van der Waals surface area (Å²) in [4.78, 5) is 33.6. The molecule has 2 aromatic rings. The van der Waals surface area contributed by atoms with Gasteiger partial charge in [0.15, 0.2) is 0 Å². The van der Waals surface area contributed by atoms with E-state index in [0.717, 1.165) is 25.8 Å². The van der Waals surface area contributed by atoms with E-state index in [9.17, 15) is 9.59 Å². The Morgan fingerprint density at radius 3 is 2.39 bits per heavy atom. The molecule has 0 unspecified atom stereocenters. The number of thiophene rings is 1. The van der Waals surface area contributed by atoms with Gasteiger partial charge in [0.1, 0.15) is 0 Å². The number of nitrogens with zero attached hydrogens (tertiary/aromatic N) is 3. The lowest BCUT2D eigenvalue weighted by atomic mass is 9.89. The maximum absolute atomic E-state index is 13.5. The number of hydrogen-bond acceptors (Lipinski definition) is 4. The van der Waals surface area contributed by atoms with Crippen molar-refractivity contribution < 1.29 is 9.59 Å². The molecular weight excluding hydrogens is 406 g/mol. The summed E-state index contributed by atoms with van der Waals surface area (Å²) in [5.74, 6) is 0.737. The molecule has 1 aromatic heterocycles. The van der Waals surface area contributed by atoms with Gasteiger partial charge in [-0.2, -0.15) is 0 Å². The fourth-order valence-electron chi connectivity index (χ4n) is 5.13. The molecule has 2 amide bonds. The highest BCUT2D eigenvalue weighted by Crippen LogP contribution is 2.40. The lowest BCUT2D eigenvalue weighted by Gasteiger charge is -2.43. The van der Waals surface area contributed by atoms with Gasteiger partial charge in [0.25, 0.3) is 0 Å². The van der Waals surface area contributed by atoms with Crippen molar-refractivity contribution >= 4 is 23.2 Å². The molecular formula is C25H31N3O2S. The average molecular weight is 438 g/mol. The lowest BCUT2D eigenvalue weighted by Crippen LogP contribution is -2.56. The zero-order valence-corrected chi connectivity index (χ0v) is 19.2. The van der Waals surface area contributed by atoms with Crippen molar-refractivity contribution in [3.63, 3.8) is 0 Å². The summed E-state index contributed by atoms with van der Waals surface area (Å²) in [5, 5.41) is 2.18. The number of piperazine rings is 1. The van der Waals surface area contributed by atoms with E-state index in [-0.39, 0.29) is 23.9 Å². The minimum absolute atomic E-state index is 0.118. The van der Waals surface area contributed by atoms with Crippen LogP contribution >= 0.6 is 11.3 Å². The third-order valence-electron chi connectivity index (χ3n) is 7.17. The van der Waals surface area contributed by atoms with Gasteiger partial charge in [0.05, 0.1) is 12.1 Å². The maximum atomic E-state index is 13.5. The molecule has 5 nitrogen and oxygen atoms in total. The molecule has 5 rings (SSSR count). The molecule has 0 spiro atoms. The van der Waals surface area contributed by atoms with Crippen molar-refractivity contribution in [3.8, 4) is 0 Å². The molecule has 164 valence electrons. The summed E-state index contributed by atoms with van der Waals surface area (Å²) in [6.07, 6.45) is 3.07. The van der Waals surface area contributed by atoms with E-state index in [4.69, 9.17) is 0 Å². The van der Waals surface area contributed by atoms with Crippen LogP contribution in [0.15, 0.2) is 35.7 Å². The monoisotopic (exact) mass is 437 g/mol. The van der Waals surface area contributed by atoms with E-state index in [1.807, 2.05) is 21.1 Å². The van der Waals surface area contributed by atoms with Gasteiger partial charge in [0, 0.05) is 43.5 Å². The van der Waals surface area contributed by atoms with Crippen molar-refractivity contribution in [1.82, 2.24) is 14.7 Å². The van der Waals surface area contributed by atoms with Crippen LogP contribution in [0.2, 0.25) is 0 Å². The van der Waals surface area contributed by atoms with E-state index >= 15 is 0 Å². The smallest absolute Gasteiger partial charge is 0.239 e. The summed E-state index contributed by atoms with van der Waals surface area (Å²) in [6.45, 7) is 7.75. The molecule has 0 radical (unpaired) electrons. The van der Waals surface area contributed by atoms with Gasteiger partial charge in [-0.25, -0.2) is 0 Å².